The number of hydrogen-bond donors (Lipinski definition) is 0. The van der Waals surface area contributed by atoms with Crippen molar-refractivity contribution in [3.8, 4) is 0 Å². The maximum atomic E-state index is 5.00. The highest BCUT2D eigenvalue weighted by Crippen LogP contribution is 2.17. The molecule has 0 unspecified atom stereocenters. The Morgan fingerprint density at radius 3 is 1.09 bits per heavy atom. The molecule has 1 aliphatic heterocycles. The van der Waals surface area contributed by atoms with E-state index in [1.165, 1.54) is 34.4 Å². The smallest absolute Gasteiger partial charge is 0.125 e. The fourth-order valence-corrected chi connectivity index (χ4v) is 4.34. The third-order valence-corrected chi connectivity index (χ3v) is 8.04. The van der Waals surface area contributed by atoms with Crippen LogP contribution in [0.4, 0.5) is 0 Å². The first kappa shape index (κ1) is 93.2. The monoisotopic (exact) mass is 1140 g/mol. The highest BCUT2D eigenvalue weighted by atomic mass is 32.2. The van der Waals surface area contributed by atoms with E-state index in [-0.39, 0.29) is 0 Å². The van der Waals surface area contributed by atoms with Gasteiger partial charge in [0.05, 0.1) is 18.6 Å². The predicted molar refractivity (Wildman–Crippen MR) is 356 cm³/mol. The van der Waals surface area contributed by atoms with Gasteiger partial charge in [-0.2, -0.15) is 5.10 Å². The number of allylic oxidation sites excluding steroid dienone is 1. The number of pyridine rings is 3. The van der Waals surface area contributed by atoms with Gasteiger partial charge >= 0.3 is 0 Å². The molecular weight excluding hydrogens is 1020 g/mol. The highest BCUT2D eigenvalue weighted by molar-refractivity contribution is 8.03. The van der Waals surface area contributed by atoms with Gasteiger partial charge in [0.15, 0.2) is 0 Å². The molecule has 81 heavy (non-hydrogen) atoms. The summed E-state index contributed by atoms with van der Waals surface area (Å²) < 4.78 is 6.83. The van der Waals surface area contributed by atoms with Crippen LogP contribution in [0.15, 0.2) is 171 Å². The van der Waals surface area contributed by atoms with Crippen LogP contribution in [-0.2, 0) is 11.8 Å². The quantitative estimate of drug-likeness (QED) is 0.141. The minimum Gasteiger partial charge on any atom is -0.500 e. The predicted octanol–water partition coefficient (Wildman–Crippen LogP) is 18.9. The molecular formula is C66H115N13OS. The average Bonchev–Trinajstić information content (AvgIpc) is 3.93. The van der Waals surface area contributed by atoms with Crippen LogP contribution >= 0.6 is 11.8 Å². The van der Waals surface area contributed by atoms with Crippen molar-refractivity contribution in [2.24, 2.45) is 7.05 Å². The highest BCUT2D eigenvalue weighted by Gasteiger charge is 1.96. The number of nitrogens with zero attached hydrogens (tertiary/aromatic N) is 13. The topological polar surface area (TPSA) is 169 Å². The maximum Gasteiger partial charge on any atom is 0.125 e. The summed E-state index contributed by atoms with van der Waals surface area (Å²) in [5.41, 5.74) is 7.81. The van der Waals surface area contributed by atoms with Crippen LogP contribution in [0.1, 0.15) is 177 Å². The van der Waals surface area contributed by atoms with Gasteiger partial charge < -0.3 is 4.74 Å². The van der Waals surface area contributed by atoms with Gasteiger partial charge in [0.25, 0.3) is 0 Å². The first-order valence-electron chi connectivity index (χ1n) is 28.8. The van der Waals surface area contributed by atoms with Crippen LogP contribution in [-0.4, -0.2) is 77.0 Å². The van der Waals surface area contributed by atoms with Crippen molar-refractivity contribution >= 4 is 11.8 Å². The summed E-state index contributed by atoms with van der Waals surface area (Å²) in [6, 6.07) is 19.4. The van der Waals surface area contributed by atoms with Gasteiger partial charge in [-0.15, -0.1) is 11.8 Å². The second kappa shape index (κ2) is 86.7. The van der Waals surface area contributed by atoms with E-state index in [0.717, 1.165) is 40.8 Å². The number of hydrogen-bond acceptors (Lipinski definition) is 14. The largest absolute Gasteiger partial charge is 0.500 e. The lowest BCUT2D eigenvalue weighted by Gasteiger charge is -2.07. The Kier molecular flexibility index (Phi) is 99.8. The van der Waals surface area contributed by atoms with E-state index < -0.39 is 0 Å². The molecule has 0 bridgehead atoms. The van der Waals surface area contributed by atoms with E-state index >= 15 is 0 Å². The van der Waals surface area contributed by atoms with E-state index in [0.29, 0.717) is 0 Å². The number of aromatic nitrogens is 13. The summed E-state index contributed by atoms with van der Waals surface area (Å²) in [6.07, 6.45) is 29.4. The van der Waals surface area contributed by atoms with Crippen LogP contribution in [0.2, 0.25) is 0 Å². The van der Waals surface area contributed by atoms with Crippen molar-refractivity contribution in [3.05, 3.63) is 217 Å². The second-order valence-electron chi connectivity index (χ2n) is 13.0. The zero-order valence-electron chi connectivity index (χ0n) is 56.1. The maximum absolute atomic E-state index is 5.00. The molecule has 0 saturated heterocycles. The van der Waals surface area contributed by atoms with Gasteiger partial charge in [0.2, 0.25) is 0 Å². The number of aryl methyl sites for hydroxylation is 9. The Balaban J connectivity index is -0.0000000993. The third kappa shape index (κ3) is 81.8. The molecule has 9 heterocycles. The molecule has 0 N–H and O–H groups in total. The minimum atomic E-state index is 0.822. The average molecular weight is 1140 g/mol. The lowest BCUT2D eigenvalue weighted by molar-refractivity contribution is 0.268. The fraction of sp³-hybridized carbons (Fsp3) is 0.455. The van der Waals surface area contributed by atoms with Gasteiger partial charge in [0, 0.05) is 122 Å². The molecule has 15 heteroatoms. The summed E-state index contributed by atoms with van der Waals surface area (Å²) in [5.74, 6) is 1.94. The molecule has 0 aromatic carbocycles. The molecule has 0 radical (unpaired) electrons. The van der Waals surface area contributed by atoms with Gasteiger partial charge in [-0.1, -0.05) is 137 Å². The molecule has 0 amide bonds. The molecule has 1 aliphatic rings. The standard InChI is InChI=1S/3C6H7N.C5H6N2.C5H8N2.3C5H6N2.C5H8OS.9C2H6/c1-6-2-4-7-5-3-6;1-6-3-2-4-7-5-6;1-6-4-2-3-5-7-6;1-5-2-6-4-7-3-5;1-5-3-4-6-7(5)2;1-5-4-6-2-3-7-5;1-5-2-3-6-4-7-5;1-5-6-3-2-4-7-5;1-5-4-6-2-3-7-5;9*1-2/h3*2-5H,1H3;2-4H,1H3;3-4H,1-2H3;3*2-4H,1H3;4H,2-3H2,1H3;9*1-2H3. The zero-order valence-corrected chi connectivity index (χ0v) is 56.9. The van der Waals surface area contributed by atoms with E-state index in [1.54, 1.807) is 86.6 Å². The number of rotatable bonds is 0. The van der Waals surface area contributed by atoms with Crippen molar-refractivity contribution < 1.29 is 4.74 Å². The molecule has 8 aromatic heterocycles. The lowest BCUT2D eigenvalue weighted by atomic mass is 10.3. The van der Waals surface area contributed by atoms with E-state index in [2.05, 4.69) is 66.8 Å². The van der Waals surface area contributed by atoms with E-state index in [9.17, 15) is 0 Å². The summed E-state index contributed by atoms with van der Waals surface area (Å²) in [6.45, 7) is 54.7. The Bertz CT molecular complexity index is 1850. The van der Waals surface area contributed by atoms with E-state index in [4.69, 9.17) is 4.74 Å². The normalized spacial score (nSPS) is 8.52. The Morgan fingerprint density at radius 1 is 0.370 bits per heavy atom. The summed E-state index contributed by atoms with van der Waals surface area (Å²) in [4.78, 5) is 43.6. The number of ether oxygens (including phenoxy) is 1. The van der Waals surface area contributed by atoms with Crippen molar-refractivity contribution in [2.45, 2.75) is 187 Å². The Morgan fingerprint density at radius 2 is 0.877 bits per heavy atom. The van der Waals surface area contributed by atoms with Gasteiger partial charge in [-0.3, -0.25) is 29.6 Å². The number of thioether (sulfide) groups is 1. The third-order valence-electron chi connectivity index (χ3n) is 7.12. The molecule has 8 aromatic rings. The first-order chi connectivity index (χ1) is 39.5. The van der Waals surface area contributed by atoms with Crippen LogP contribution < -0.4 is 0 Å². The van der Waals surface area contributed by atoms with Gasteiger partial charge in [-0.25, -0.2) is 29.9 Å². The molecule has 14 nitrogen and oxygen atoms in total. The van der Waals surface area contributed by atoms with Crippen LogP contribution in [0, 0.1) is 55.4 Å². The molecule has 0 fully saturated rings. The van der Waals surface area contributed by atoms with Crippen LogP contribution in [0.3, 0.4) is 0 Å². The molecule has 0 saturated carbocycles. The molecule has 0 aliphatic carbocycles. The molecule has 9 rings (SSSR count). The van der Waals surface area contributed by atoms with Gasteiger partial charge in [-0.05, 0) is 128 Å². The lowest BCUT2D eigenvalue weighted by Crippen LogP contribution is -1.96. The SMILES string of the molecule is CC.CC.CC.CC.CC.CC.CC.CC.CC.CC1=COCCS1.Cc1ccccn1.Cc1cccnc1.Cc1ccncc1.Cc1ccncn1.Cc1ccnn1C.Cc1cnccn1.Cc1cncnc1.Cc1ncccn1. The summed E-state index contributed by atoms with van der Waals surface area (Å²) >= 11 is 1.85. The minimum absolute atomic E-state index is 0.822. The van der Waals surface area contributed by atoms with Crippen LogP contribution in [0.5, 0.6) is 0 Å². The van der Waals surface area contributed by atoms with Crippen molar-refractivity contribution in [3.63, 3.8) is 0 Å². The molecule has 0 atom stereocenters. The second-order valence-corrected chi connectivity index (χ2v) is 14.3. The van der Waals surface area contributed by atoms with Crippen molar-refractivity contribution in [2.75, 3.05) is 12.4 Å². The zero-order chi connectivity index (χ0) is 64.2. The molecule has 0 spiro atoms. The molecule has 456 valence electrons. The summed E-state index contributed by atoms with van der Waals surface area (Å²) in [5, 5.41) is 3.93. The van der Waals surface area contributed by atoms with E-state index in [1.807, 2.05) is 271 Å². The van der Waals surface area contributed by atoms with Crippen LogP contribution in [0.25, 0.3) is 0 Å². The Labute approximate surface area is 501 Å². The van der Waals surface area contributed by atoms with Gasteiger partial charge in [0.1, 0.15) is 18.5 Å². The van der Waals surface area contributed by atoms with Crippen molar-refractivity contribution in [1.29, 1.82) is 0 Å². The van der Waals surface area contributed by atoms with Crippen molar-refractivity contribution in [1.82, 2.24) is 64.6 Å². The first-order valence-corrected chi connectivity index (χ1v) is 29.8. The summed E-state index contributed by atoms with van der Waals surface area (Å²) in [7, 11) is 1.93. The Hall–Kier alpha value is -7.13. The fourth-order valence-electron chi connectivity index (χ4n) is 3.70.